The van der Waals surface area contributed by atoms with Crippen molar-refractivity contribution in [2.24, 2.45) is 0 Å². The molecular formula is C40H54O4Si. The number of hydrogen-bond acceptors (Lipinski definition) is 4. The van der Waals surface area contributed by atoms with Crippen molar-refractivity contribution in [2.45, 2.75) is 116 Å². The van der Waals surface area contributed by atoms with E-state index in [1.54, 1.807) is 0 Å². The van der Waals surface area contributed by atoms with Gasteiger partial charge in [-0.05, 0) is 51.9 Å². The van der Waals surface area contributed by atoms with Gasteiger partial charge in [0.15, 0.2) is 0 Å². The quantitative estimate of drug-likeness (QED) is 0.0576. The molecule has 0 aliphatic carbocycles. The summed E-state index contributed by atoms with van der Waals surface area (Å²) >= 11 is 0. The Morgan fingerprint density at radius 3 is 2.00 bits per heavy atom. The van der Waals surface area contributed by atoms with Crippen LogP contribution in [0.15, 0.2) is 91.0 Å². The van der Waals surface area contributed by atoms with E-state index in [0.717, 1.165) is 30.3 Å². The van der Waals surface area contributed by atoms with Gasteiger partial charge in [-0.15, -0.1) is 0 Å². The number of aldehydes is 1. The third-order valence-electron chi connectivity index (χ3n) is 8.47. The molecule has 0 saturated carbocycles. The number of carbonyl (C=O) groups is 2. The molecule has 0 aromatic heterocycles. The van der Waals surface area contributed by atoms with Crippen molar-refractivity contribution >= 4 is 37.0 Å². The Bertz CT molecular complexity index is 1270. The molecule has 0 radical (unpaired) electrons. The lowest BCUT2D eigenvalue weighted by Crippen LogP contribution is -2.67. The Morgan fingerprint density at radius 1 is 0.800 bits per heavy atom. The molecule has 0 aliphatic heterocycles. The molecule has 4 nitrogen and oxygen atoms in total. The summed E-state index contributed by atoms with van der Waals surface area (Å²) in [5.41, 5.74) is 1.98. The van der Waals surface area contributed by atoms with Crippen molar-refractivity contribution in [2.75, 3.05) is 0 Å². The van der Waals surface area contributed by atoms with Gasteiger partial charge in [-0.2, -0.15) is 0 Å². The molecule has 5 heteroatoms. The van der Waals surface area contributed by atoms with E-state index in [1.807, 2.05) is 12.1 Å². The van der Waals surface area contributed by atoms with E-state index < -0.39 is 8.32 Å². The van der Waals surface area contributed by atoms with E-state index in [0.29, 0.717) is 19.3 Å². The van der Waals surface area contributed by atoms with Gasteiger partial charge < -0.3 is 14.0 Å². The van der Waals surface area contributed by atoms with Crippen molar-refractivity contribution < 1.29 is 18.8 Å². The molecule has 0 unspecified atom stereocenters. The van der Waals surface area contributed by atoms with Crippen LogP contribution in [0.4, 0.5) is 0 Å². The molecule has 0 amide bonds. The first kappa shape index (κ1) is 36.2. The summed E-state index contributed by atoms with van der Waals surface area (Å²) in [5.74, 6) is -0.315. The minimum Gasteiger partial charge on any atom is -0.458 e. The van der Waals surface area contributed by atoms with Gasteiger partial charge in [0, 0.05) is 13.3 Å². The number of hydrogen-bond donors (Lipinski definition) is 0. The average Bonchev–Trinajstić information content (AvgIpc) is 3.03. The summed E-state index contributed by atoms with van der Waals surface area (Å²) in [6, 6.07) is 29.9. The monoisotopic (exact) mass is 626 g/mol. The number of unbranched alkanes of at least 4 members (excludes halogenated alkanes) is 6. The van der Waals surface area contributed by atoms with Crippen molar-refractivity contribution in [3.63, 3.8) is 0 Å². The summed E-state index contributed by atoms with van der Waals surface area (Å²) in [7, 11) is -2.73. The van der Waals surface area contributed by atoms with Gasteiger partial charge >= 0.3 is 5.97 Å². The number of ether oxygens (including phenoxy) is 1. The standard InChI is InChI=1S/C40H54O4Si/c1-6-7-8-9-10-13-23-36(30-29-34-21-20-22-35(32-34)39(43-33(2)42)28-18-19-31-41)44-45(40(3,4)5,37-24-14-11-15-25-37)38-26-16-12-17-27-38/h11-12,14-17,20-22,24-27,29-32,36,39H,6-10,13,18-19,23,28H2,1-5H3/b30-29+/t36-,39-/m0/s1. The fourth-order valence-corrected chi connectivity index (χ4v) is 10.9. The highest BCUT2D eigenvalue weighted by Crippen LogP contribution is 2.38. The number of rotatable bonds is 19. The van der Waals surface area contributed by atoms with Gasteiger partial charge in [-0.1, -0.05) is 157 Å². The molecule has 3 rings (SSSR count). The maximum Gasteiger partial charge on any atom is 0.303 e. The van der Waals surface area contributed by atoms with E-state index in [1.165, 1.54) is 49.4 Å². The Kier molecular flexibility index (Phi) is 15.0. The maximum absolute atomic E-state index is 11.9. The van der Waals surface area contributed by atoms with Gasteiger partial charge in [-0.3, -0.25) is 4.79 Å². The second kappa shape index (κ2) is 18.6. The fourth-order valence-electron chi connectivity index (χ4n) is 6.20. The van der Waals surface area contributed by atoms with Crippen LogP contribution >= 0.6 is 0 Å². The zero-order chi connectivity index (χ0) is 32.5. The first-order chi connectivity index (χ1) is 21.7. The van der Waals surface area contributed by atoms with Gasteiger partial charge in [0.2, 0.25) is 0 Å². The van der Waals surface area contributed by atoms with Crippen LogP contribution in [0.5, 0.6) is 0 Å². The normalized spacial score (nSPS) is 13.4. The van der Waals surface area contributed by atoms with E-state index in [9.17, 15) is 9.59 Å². The Hall–Kier alpha value is -3.28. The summed E-state index contributed by atoms with van der Waals surface area (Å²) in [5, 5.41) is 2.46. The third kappa shape index (κ3) is 10.9. The third-order valence-corrected chi connectivity index (χ3v) is 13.5. The first-order valence-electron chi connectivity index (χ1n) is 16.9. The van der Waals surface area contributed by atoms with Crippen LogP contribution in [0, 0.1) is 0 Å². The van der Waals surface area contributed by atoms with Crippen LogP contribution in [0.3, 0.4) is 0 Å². The van der Waals surface area contributed by atoms with E-state index in [4.69, 9.17) is 9.16 Å². The summed E-state index contributed by atoms with van der Waals surface area (Å²) in [6.07, 6.45) is 15.0. The molecule has 2 atom stereocenters. The van der Waals surface area contributed by atoms with Gasteiger partial charge in [0.25, 0.3) is 8.32 Å². The molecule has 0 spiro atoms. The highest BCUT2D eigenvalue weighted by atomic mass is 28.4. The van der Waals surface area contributed by atoms with Gasteiger partial charge in [0.1, 0.15) is 12.4 Å². The van der Waals surface area contributed by atoms with Crippen molar-refractivity contribution in [1.82, 2.24) is 0 Å². The minimum absolute atomic E-state index is 0.0667. The van der Waals surface area contributed by atoms with Gasteiger partial charge in [-0.25, -0.2) is 0 Å². The molecule has 0 saturated heterocycles. The molecule has 45 heavy (non-hydrogen) atoms. The zero-order valence-corrected chi connectivity index (χ0v) is 29.2. The molecule has 0 heterocycles. The summed E-state index contributed by atoms with van der Waals surface area (Å²) in [4.78, 5) is 22.8. The molecule has 0 bridgehead atoms. The predicted molar refractivity (Wildman–Crippen MR) is 190 cm³/mol. The van der Waals surface area contributed by atoms with Crippen LogP contribution in [0.2, 0.25) is 5.04 Å². The highest BCUT2D eigenvalue weighted by molar-refractivity contribution is 6.99. The average molecular weight is 627 g/mol. The van der Waals surface area contributed by atoms with Gasteiger partial charge in [0.05, 0.1) is 6.10 Å². The SMILES string of the molecule is CCCCCCCC[C@@H](/C=C/c1cccc([C@H](CCCC=O)OC(C)=O)c1)O[Si](c1ccccc1)(c1ccccc1)C(C)(C)C. The zero-order valence-electron chi connectivity index (χ0n) is 28.2. The Morgan fingerprint density at radius 2 is 1.42 bits per heavy atom. The predicted octanol–water partition coefficient (Wildman–Crippen LogP) is 9.37. The molecule has 0 aliphatic rings. The van der Waals surface area contributed by atoms with Crippen LogP contribution in [-0.4, -0.2) is 26.7 Å². The molecule has 242 valence electrons. The number of esters is 1. The highest BCUT2D eigenvalue weighted by Gasteiger charge is 2.51. The molecule has 0 fully saturated rings. The molecule has 0 N–H and O–H groups in total. The summed E-state index contributed by atoms with van der Waals surface area (Å²) < 4.78 is 13.2. The molecule has 3 aromatic rings. The van der Waals surface area contributed by atoms with Crippen LogP contribution in [0.25, 0.3) is 6.08 Å². The van der Waals surface area contributed by atoms with Crippen LogP contribution in [0.1, 0.15) is 116 Å². The van der Waals surface area contributed by atoms with Crippen LogP contribution in [-0.2, 0) is 18.8 Å². The van der Waals surface area contributed by atoms with E-state index in [2.05, 4.69) is 113 Å². The van der Waals surface area contributed by atoms with Crippen molar-refractivity contribution in [1.29, 1.82) is 0 Å². The maximum atomic E-state index is 11.9. The Balaban J connectivity index is 1.99. The van der Waals surface area contributed by atoms with Crippen molar-refractivity contribution in [3.05, 3.63) is 102 Å². The second-order valence-corrected chi connectivity index (χ2v) is 17.4. The fraction of sp³-hybridized carbons (Fsp3) is 0.450. The second-order valence-electron chi connectivity index (χ2n) is 13.1. The Labute approximate surface area is 273 Å². The largest absolute Gasteiger partial charge is 0.458 e. The molecular weight excluding hydrogens is 573 g/mol. The molecule has 3 aromatic carbocycles. The van der Waals surface area contributed by atoms with E-state index in [-0.39, 0.29) is 23.2 Å². The minimum atomic E-state index is -2.73. The lowest BCUT2D eigenvalue weighted by molar-refractivity contribution is -0.147. The summed E-state index contributed by atoms with van der Waals surface area (Å²) in [6.45, 7) is 10.7. The smallest absolute Gasteiger partial charge is 0.303 e. The first-order valence-corrected chi connectivity index (χ1v) is 18.8. The van der Waals surface area contributed by atoms with Crippen LogP contribution < -0.4 is 10.4 Å². The lowest BCUT2D eigenvalue weighted by Gasteiger charge is -2.45. The number of benzene rings is 3. The topological polar surface area (TPSA) is 52.6 Å². The van der Waals surface area contributed by atoms with E-state index >= 15 is 0 Å². The lowest BCUT2D eigenvalue weighted by atomic mass is 10.0. The van der Waals surface area contributed by atoms with Crippen molar-refractivity contribution in [3.8, 4) is 0 Å². The number of carbonyl (C=O) groups excluding carboxylic acids is 2.